The van der Waals surface area contributed by atoms with Gasteiger partial charge in [0.05, 0.1) is 20.8 Å². The fourth-order valence-electron chi connectivity index (χ4n) is 4.36. The first kappa shape index (κ1) is 24.0. The van der Waals surface area contributed by atoms with Crippen LogP contribution in [0.1, 0.15) is 11.4 Å². The van der Waals surface area contributed by atoms with Crippen LogP contribution in [-0.4, -0.2) is 35.9 Å². The van der Waals surface area contributed by atoms with Crippen molar-refractivity contribution >= 4 is 42.0 Å². The number of hydrogen-bond donors (Lipinski definition) is 2. The topological polar surface area (TPSA) is 135 Å². The Balaban J connectivity index is 1.82. The highest BCUT2D eigenvalue weighted by Gasteiger charge is 2.17. The molecule has 10 heteroatoms. The minimum atomic E-state index is -4.38. The molecule has 2 N–H and O–H groups in total. The molecule has 2 aromatic heterocycles. The van der Waals surface area contributed by atoms with Crippen molar-refractivity contribution < 1.29 is 25.9 Å². The van der Waals surface area contributed by atoms with Crippen LogP contribution in [-0.2, 0) is 20.2 Å². The largest absolute Gasteiger partial charge is 0.294 e. The number of aromatic nitrogens is 2. The molecule has 36 heavy (non-hydrogen) atoms. The summed E-state index contributed by atoms with van der Waals surface area (Å²) in [7, 11) is -8.75. The molecule has 0 aliphatic carbocycles. The van der Waals surface area contributed by atoms with E-state index in [1.54, 1.807) is 24.3 Å². The molecule has 182 valence electrons. The Labute approximate surface area is 207 Å². The summed E-state index contributed by atoms with van der Waals surface area (Å²) >= 11 is 0. The van der Waals surface area contributed by atoms with Crippen molar-refractivity contribution in [1.82, 2.24) is 9.97 Å². The summed E-state index contributed by atoms with van der Waals surface area (Å²) in [6, 6.07) is 19.5. The van der Waals surface area contributed by atoms with Gasteiger partial charge in [0.25, 0.3) is 20.2 Å². The molecule has 0 atom stereocenters. The zero-order valence-electron chi connectivity index (χ0n) is 19.2. The monoisotopic (exact) mass is 520 g/mol. The van der Waals surface area contributed by atoms with Crippen molar-refractivity contribution in [3.05, 3.63) is 84.2 Å². The molecule has 0 aliphatic heterocycles. The first-order valence-corrected chi connectivity index (χ1v) is 13.7. The zero-order chi connectivity index (χ0) is 25.8. The number of rotatable bonds is 4. The maximum absolute atomic E-state index is 11.7. The Kier molecular flexibility index (Phi) is 5.64. The second-order valence-electron chi connectivity index (χ2n) is 8.49. The molecule has 0 bridgehead atoms. The second-order valence-corrected chi connectivity index (χ2v) is 11.3. The maximum Gasteiger partial charge on any atom is 0.294 e. The molecular formula is C26H20N2O6S2. The molecule has 0 saturated carbocycles. The molecule has 0 unspecified atom stereocenters. The Morgan fingerprint density at radius 1 is 0.583 bits per heavy atom. The average molecular weight is 521 g/mol. The normalized spacial score (nSPS) is 12.3. The molecule has 8 nitrogen and oxygen atoms in total. The van der Waals surface area contributed by atoms with Crippen LogP contribution in [0.2, 0.25) is 0 Å². The van der Waals surface area contributed by atoms with E-state index in [2.05, 4.69) is 0 Å². The molecule has 5 rings (SSSR count). The third kappa shape index (κ3) is 4.35. The van der Waals surface area contributed by atoms with Gasteiger partial charge in [-0.2, -0.15) is 16.8 Å². The highest BCUT2D eigenvalue weighted by atomic mass is 32.2. The number of nitrogens with zero attached hydrogens (tertiary/aromatic N) is 2. The van der Waals surface area contributed by atoms with E-state index in [1.165, 1.54) is 24.3 Å². The minimum Gasteiger partial charge on any atom is -0.282 e. The fraction of sp³-hybridized carbons (Fsp3) is 0.0769. The lowest BCUT2D eigenvalue weighted by molar-refractivity contribution is 0.481. The van der Waals surface area contributed by atoms with E-state index in [0.717, 1.165) is 21.9 Å². The number of hydrogen-bond acceptors (Lipinski definition) is 6. The van der Waals surface area contributed by atoms with E-state index in [1.807, 2.05) is 38.1 Å². The number of fused-ring (bicyclic) bond motifs is 3. The fourth-order valence-corrected chi connectivity index (χ4v) is 5.41. The van der Waals surface area contributed by atoms with Gasteiger partial charge in [0, 0.05) is 22.2 Å². The molecule has 0 radical (unpaired) electrons. The quantitative estimate of drug-likeness (QED) is 0.243. The smallest absolute Gasteiger partial charge is 0.282 e. The van der Waals surface area contributed by atoms with E-state index < -0.39 is 20.2 Å². The van der Waals surface area contributed by atoms with Gasteiger partial charge < -0.3 is 0 Å². The van der Waals surface area contributed by atoms with E-state index in [0.29, 0.717) is 33.5 Å². The summed E-state index contributed by atoms with van der Waals surface area (Å²) in [6.07, 6.45) is 0. The van der Waals surface area contributed by atoms with Gasteiger partial charge in [-0.1, -0.05) is 36.4 Å². The van der Waals surface area contributed by atoms with Crippen LogP contribution in [0.4, 0.5) is 0 Å². The Morgan fingerprint density at radius 3 is 1.33 bits per heavy atom. The highest BCUT2D eigenvalue weighted by molar-refractivity contribution is 7.86. The van der Waals surface area contributed by atoms with Crippen LogP contribution in [0.5, 0.6) is 0 Å². The third-order valence-electron chi connectivity index (χ3n) is 5.90. The van der Waals surface area contributed by atoms with Crippen molar-refractivity contribution in [2.75, 3.05) is 0 Å². The van der Waals surface area contributed by atoms with Gasteiger partial charge in [0.2, 0.25) is 0 Å². The first-order chi connectivity index (χ1) is 16.9. The van der Waals surface area contributed by atoms with Crippen LogP contribution < -0.4 is 0 Å². The van der Waals surface area contributed by atoms with Crippen LogP contribution in [0.25, 0.3) is 44.1 Å². The predicted molar refractivity (Wildman–Crippen MR) is 137 cm³/mol. The standard InChI is InChI=1S/C26H20N2O6S2/c1-15-11-23(17-5-3-7-19(13-17)35(29,30)31)21-9-10-22-24(12-16(2)28-26(22)25(21)27-15)18-6-4-8-20(14-18)36(32,33)34/h3-14H,1-2H3,(H,29,30,31)(H,32,33,34). The third-order valence-corrected chi connectivity index (χ3v) is 7.60. The molecule has 0 aliphatic rings. The van der Waals surface area contributed by atoms with Gasteiger partial charge in [0.15, 0.2) is 0 Å². The van der Waals surface area contributed by atoms with Crippen LogP contribution in [0.3, 0.4) is 0 Å². The zero-order valence-corrected chi connectivity index (χ0v) is 20.8. The van der Waals surface area contributed by atoms with Gasteiger partial charge in [-0.3, -0.25) is 19.1 Å². The summed E-state index contributed by atoms with van der Waals surface area (Å²) in [5.74, 6) is 0. The van der Waals surface area contributed by atoms with E-state index in [4.69, 9.17) is 9.97 Å². The molecule has 0 amide bonds. The minimum absolute atomic E-state index is 0.210. The van der Waals surface area contributed by atoms with Gasteiger partial charge in [-0.15, -0.1) is 0 Å². The lowest BCUT2D eigenvalue weighted by atomic mass is 9.95. The van der Waals surface area contributed by atoms with E-state index >= 15 is 0 Å². The number of benzene rings is 3. The Bertz CT molecular complexity index is 1780. The predicted octanol–water partition coefficient (Wildman–Crippen LogP) is 5.23. The summed E-state index contributed by atoms with van der Waals surface area (Å²) in [5.41, 5.74) is 5.18. The summed E-state index contributed by atoms with van der Waals surface area (Å²) in [4.78, 5) is 9.04. The van der Waals surface area contributed by atoms with Crippen LogP contribution in [0, 0.1) is 13.8 Å². The molecule has 3 aromatic carbocycles. The van der Waals surface area contributed by atoms with Gasteiger partial charge >= 0.3 is 0 Å². The lowest BCUT2D eigenvalue weighted by Crippen LogP contribution is -1.99. The van der Waals surface area contributed by atoms with Crippen molar-refractivity contribution in [2.24, 2.45) is 0 Å². The number of pyridine rings is 2. The van der Waals surface area contributed by atoms with E-state index in [-0.39, 0.29) is 9.79 Å². The Morgan fingerprint density at radius 2 is 0.972 bits per heavy atom. The first-order valence-electron chi connectivity index (χ1n) is 10.8. The average Bonchev–Trinajstić information content (AvgIpc) is 2.82. The van der Waals surface area contributed by atoms with E-state index in [9.17, 15) is 25.9 Å². The molecule has 0 fully saturated rings. The molecule has 0 spiro atoms. The highest BCUT2D eigenvalue weighted by Crippen LogP contribution is 2.37. The molecular weight excluding hydrogens is 500 g/mol. The van der Waals surface area contributed by atoms with Gasteiger partial charge in [-0.25, -0.2) is 0 Å². The molecule has 2 heterocycles. The summed E-state index contributed by atoms with van der Waals surface area (Å²) < 4.78 is 65.8. The van der Waals surface area contributed by atoms with Crippen molar-refractivity contribution in [2.45, 2.75) is 23.6 Å². The van der Waals surface area contributed by atoms with Gasteiger partial charge in [0.1, 0.15) is 0 Å². The SMILES string of the molecule is Cc1cc(-c2cccc(S(=O)(=O)O)c2)c2ccc3c(-c4cccc(S(=O)(=O)O)c4)cc(C)nc3c2n1. The second kappa shape index (κ2) is 8.45. The number of aryl methyl sites for hydroxylation is 2. The van der Waals surface area contributed by atoms with Crippen molar-refractivity contribution in [3.63, 3.8) is 0 Å². The van der Waals surface area contributed by atoms with Crippen LogP contribution in [0.15, 0.2) is 82.6 Å². The maximum atomic E-state index is 11.7. The summed E-state index contributed by atoms with van der Waals surface area (Å²) in [5, 5.41) is 1.47. The molecule has 5 aromatic rings. The van der Waals surface area contributed by atoms with Crippen LogP contribution >= 0.6 is 0 Å². The Hall–Kier alpha value is -3.70. The lowest BCUT2D eigenvalue weighted by Gasteiger charge is -2.14. The molecule has 0 saturated heterocycles. The van der Waals surface area contributed by atoms with Crippen molar-refractivity contribution in [3.8, 4) is 22.3 Å². The van der Waals surface area contributed by atoms with Crippen molar-refractivity contribution in [1.29, 1.82) is 0 Å². The summed E-state index contributed by atoms with van der Waals surface area (Å²) in [6.45, 7) is 3.64. The van der Waals surface area contributed by atoms with Gasteiger partial charge in [-0.05, 0) is 72.5 Å².